The molecule has 2 aromatic heterocycles. The van der Waals surface area contributed by atoms with Crippen molar-refractivity contribution in [2.24, 2.45) is 7.05 Å². The Morgan fingerprint density at radius 2 is 2.29 bits per heavy atom. The lowest BCUT2D eigenvalue weighted by Crippen LogP contribution is -2.31. The van der Waals surface area contributed by atoms with Crippen LogP contribution in [0.5, 0.6) is 11.6 Å². The molecule has 6 heteroatoms. The predicted octanol–water partition coefficient (Wildman–Crippen LogP) is 2.65. The lowest BCUT2D eigenvalue weighted by Gasteiger charge is -2.25. The molecule has 3 heterocycles. The van der Waals surface area contributed by atoms with Crippen molar-refractivity contribution in [2.45, 2.75) is 51.8 Å². The fraction of sp³-hybridized carbons (Fsp3) is 0.556. The van der Waals surface area contributed by atoms with Gasteiger partial charge in [0.05, 0.1) is 23.6 Å². The summed E-state index contributed by atoms with van der Waals surface area (Å²) in [6, 6.07) is 4.18. The van der Waals surface area contributed by atoms with Gasteiger partial charge in [-0.25, -0.2) is 4.68 Å². The van der Waals surface area contributed by atoms with Gasteiger partial charge in [-0.1, -0.05) is 0 Å². The summed E-state index contributed by atoms with van der Waals surface area (Å²) in [5.41, 5.74) is 2.10. The number of pyridine rings is 1. The average Bonchev–Trinajstić information content (AvgIpc) is 3.07. The zero-order valence-corrected chi connectivity index (χ0v) is 14.6. The number of ether oxygens (including phenoxy) is 1. The second-order valence-corrected chi connectivity index (χ2v) is 6.63. The number of likely N-dealkylation sites (tertiary alicyclic amines) is 1. The first-order chi connectivity index (χ1) is 11.5. The molecular weight excluding hydrogens is 304 g/mol. The van der Waals surface area contributed by atoms with Crippen LogP contribution in [0.3, 0.4) is 0 Å². The van der Waals surface area contributed by atoms with Crippen LogP contribution in [0.15, 0.2) is 24.5 Å². The molecule has 130 valence electrons. The highest BCUT2D eigenvalue weighted by Crippen LogP contribution is 2.31. The lowest BCUT2D eigenvalue weighted by atomic mass is 10.1. The van der Waals surface area contributed by atoms with E-state index in [-0.39, 0.29) is 6.10 Å². The quantitative estimate of drug-likeness (QED) is 0.882. The molecule has 0 aromatic carbocycles. The molecule has 2 aromatic rings. The van der Waals surface area contributed by atoms with Gasteiger partial charge < -0.3 is 9.84 Å². The number of aromatic nitrogens is 3. The van der Waals surface area contributed by atoms with Crippen LogP contribution in [0, 0.1) is 6.92 Å². The standard InChI is InChI=1S/C18H26N4O2/c1-13(23)10-15-6-5-9-22(15)12-17-14(2)20-21(3)18(17)24-16-7-4-8-19-11-16/h4,7-8,11,13,15,23H,5-6,9-10,12H2,1-3H3. The van der Waals surface area contributed by atoms with Crippen molar-refractivity contribution >= 4 is 0 Å². The van der Waals surface area contributed by atoms with Crippen LogP contribution in [-0.4, -0.2) is 43.5 Å². The van der Waals surface area contributed by atoms with Gasteiger partial charge in [-0.15, -0.1) is 0 Å². The summed E-state index contributed by atoms with van der Waals surface area (Å²) in [5, 5.41) is 14.3. The van der Waals surface area contributed by atoms with Crippen LogP contribution in [-0.2, 0) is 13.6 Å². The maximum Gasteiger partial charge on any atom is 0.222 e. The van der Waals surface area contributed by atoms with E-state index in [0.717, 1.165) is 43.1 Å². The Hall–Kier alpha value is -1.92. The first-order valence-electron chi connectivity index (χ1n) is 8.57. The third kappa shape index (κ3) is 3.76. The highest BCUT2D eigenvalue weighted by atomic mass is 16.5. The molecular formula is C18H26N4O2. The van der Waals surface area contributed by atoms with Crippen LogP contribution in [0.1, 0.15) is 37.4 Å². The molecule has 2 atom stereocenters. The fourth-order valence-corrected chi connectivity index (χ4v) is 3.48. The van der Waals surface area contributed by atoms with Crippen molar-refractivity contribution < 1.29 is 9.84 Å². The third-order valence-electron chi connectivity index (χ3n) is 4.61. The number of aliphatic hydroxyl groups excluding tert-OH is 1. The maximum absolute atomic E-state index is 9.73. The van der Waals surface area contributed by atoms with E-state index in [2.05, 4.69) is 15.0 Å². The Morgan fingerprint density at radius 1 is 1.46 bits per heavy atom. The van der Waals surface area contributed by atoms with E-state index in [1.165, 1.54) is 6.42 Å². The Balaban J connectivity index is 1.80. The van der Waals surface area contributed by atoms with E-state index < -0.39 is 0 Å². The molecule has 6 nitrogen and oxygen atoms in total. The Labute approximate surface area is 143 Å². The van der Waals surface area contributed by atoms with Gasteiger partial charge in [-0.05, 0) is 51.8 Å². The maximum atomic E-state index is 9.73. The largest absolute Gasteiger partial charge is 0.437 e. The number of hydrogen-bond donors (Lipinski definition) is 1. The zero-order valence-electron chi connectivity index (χ0n) is 14.6. The molecule has 2 unspecified atom stereocenters. The fourth-order valence-electron chi connectivity index (χ4n) is 3.48. The second-order valence-electron chi connectivity index (χ2n) is 6.63. The second kappa shape index (κ2) is 7.32. The summed E-state index contributed by atoms with van der Waals surface area (Å²) in [7, 11) is 1.90. The SMILES string of the molecule is Cc1nn(C)c(Oc2cccnc2)c1CN1CCCC1CC(C)O. The van der Waals surface area contributed by atoms with Crippen molar-refractivity contribution in [1.29, 1.82) is 0 Å². The molecule has 1 aliphatic heterocycles. The molecule has 1 saturated heterocycles. The molecule has 0 bridgehead atoms. The molecule has 1 aliphatic rings. The summed E-state index contributed by atoms with van der Waals surface area (Å²) in [6.45, 7) is 5.73. The average molecular weight is 330 g/mol. The number of hydrogen-bond acceptors (Lipinski definition) is 5. The van der Waals surface area contributed by atoms with Crippen LogP contribution in [0.4, 0.5) is 0 Å². The monoisotopic (exact) mass is 330 g/mol. The van der Waals surface area contributed by atoms with Crippen molar-refractivity contribution in [3.05, 3.63) is 35.8 Å². The number of rotatable bonds is 6. The van der Waals surface area contributed by atoms with Crippen molar-refractivity contribution in [3.8, 4) is 11.6 Å². The van der Waals surface area contributed by atoms with Crippen molar-refractivity contribution in [2.75, 3.05) is 6.54 Å². The topological polar surface area (TPSA) is 63.4 Å². The summed E-state index contributed by atoms with van der Waals surface area (Å²) < 4.78 is 7.84. The lowest BCUT2D eigenvalue weighted by molar-refractivity contribution is 0.130. The Bertz CT molecular complexity index is 669. The Morgan fingerprint density at radius 3 is 3.00 bits per heavy atom. The minimum atomic E-state index is -0.267. The molecule has 0 amide bonds. The van der Waals surface area contributed by atoms with Gasteiger partial charge in [-0.3, -0.25) is 9.88 Å². The van der Waals surface area contributed by atoms with Crippen LogP contribution >= 0.6 is 0 Å². The van der Waals surface area contributed by atoms with Crippen LogP contribution in [0.2, 0.25) is 0 Å². The number of nitrogens with zero attached hydrogens (tertiary/aromatic N) is 4. The summed E-state index contributed by atoms with van der Waals surface area (Å²) in [6.07, 6.45) is 6.30. The first-order valence-corrected chi connectivity index (χ1v) is 8.57. The molecule has 24 heavy (non-hydrogen) atoms. The van der Waals surface area contributed by atoms with Gasteiger partial charge in [0.2, 0.25) is 5.88 Å². The predicted molar refractivity (Wildman–Crippen MR) is 92.0 cm³/mol. The molecule has 1 N–H and O–H groups in total. The molecule has 1 fully saturated rings. The van der Waals surface area contributed by atoms with Gasteiger partial charge in [0, 0.05) is 25.8 Å². The van der Waals surface area contributed by atoms with Crippen LogP contribution in [0.25, 0.3) is 0 Å². The van der Waals surface area contributed by atoms with Gasteiger partial charge in [0.25, 0.3) is 0 Å². The Kier molecular flexibility index (Phi) is 5.16. The van der Waals surface area contributed by atoms with Crippen molar-refractivity contribution in [1.82, 2.24) is 19.7 Å². The zero-order chi connectivity index (χ0) is 17.1. The molecule has 0 radical (unpaired) electrons. The van der Waals surface area contributed by atoms with Gasteiger partial charge in [0.1, 0.15) is 5.75 Å². The summed E-state index contributed by atoms with van der Waals surface area (Å²) >= 11 is 0. The van der Waals surface area contributed by atoms with E-state index in [1.807, 2.05) is 33.0 Å². The van der Waals surface area contributed by atoms with E-state index in [4.69, 9.17) is 4.74 Å². The van der Waals surface area contributed by atoms with Gasteiger partial charge in [-0.2, -0.15) is 5.10 Å². The normalized spacial score (nSPS) is 19.6. The molecule has 0 saturated carbocycles. The minimum absolute atomic E-state index is 0.267. The smallest absolute Gasteiger partial charge is 0.222 e. The van der Waals surface area contributed by atoms with E-state index in [1.54, 1.807) is 17.1 Å². The first kappa shape index (κ1) is 16.9. The number of aryl methyl sites for hydroxylation is 2. The highest BCUT2D eigenvalue weighted by molar-refractivity contribution is 5.35. The summed E-state index contributed by atoms with van der Waals surface area (Å²) in [4.78, 5) is 6.54. The van der Waals surface area contributed by atoms with E-state index >= 15 is 0 Å². The number of aliphatic hydroxyl groups is 1. The van der Waals surface area contributed by atoms with Gasteiger partial charge in [0.15, 0.2) is 0 Å². The van der Waals surface area contributed by atoms with Crippen molar-refractivity contribution in [3.63, 3.8) is 0 Å². The van der Waals surface area contributed by atoms with Gasteiger partial charge >= 0.3 is 0 Å². The summed E-state index contributed by atoms with van der Waals surface area (Å²) in [5.74, 6) is 1.48. The van der Waals surface area contributed by atoms with E-state index in [9.17, 15) is 5.11 Å². The minimum Gasteiger partial charge on any atom is -0.437 e. The molecule has 0 aliphatic carbocycles. The molecule has 0 spiro atoms. The molecule has 3 rings (SSSR count). The highest BCUT2D eigenvalue weighted by Gasteiger charge is 2.28. The third-order valence-corrected chi connectivity index (χ3v) is 4.61. The van der Waals surface area contributed by atoms with E-state index in [0.29, 0.717) is 11.8 Å². The van der Waals surface area contributed by atoms with Crippen LogP contribution < -0.4 is 4.74 Å².